The van der Waals surface area contributed by atoms with Gasteiger partial charge in [0.05, 0.1) is 25.4 Å². The molecule has 0 saturated carbocycles. The van der Waals surface area contributed by atoms with E-state index in [1.807, 2.05) is 17.7 Å². The second-order valence-corrected chi connectivity index (χ2v) is 6.75. The monoisotopic (exact) mass is 371 g/mol. The number of rotatable bonds is 9. The van der Waals surface area contributed by atoms with Gasteiger partial charge in [0.2, 0.25) is 0 Å². The summed E-state index contributed by atoms with van der Waals surface area (Å²) in [5.41, 5.74) is 4.69. The molecule has 0 bridgehead atoms. The van der Waals surface area contributed by atoms with Gasteiger partial charge in [-0.05, 0) is 32.3 Å². The average molecular weight is 372 g/mol. The molecule has 148 valence electrons. The Balaban J connectivity index is 2.02. The molecule has 0 spiro atoms. The summed E-state index contributed by atoms with van der Waals surface area (Å²) in [5.74, 6) is 1.25. The van der Waals surface area contributed by atoms with Crippen LogP contribution in [0.4, 0.5) is 0 Å². The third-order valence-corrected chi connectivity index (χ3v) is 4.72. The Morgan fingerprint density at radius 3 is 2.63 bits per heavy atom. The van der Waals surface area contributed by atoms with Crippen molar-refractivity contribution in [2.45, 2.75) is 46.7 Å². The molecule has 0 aliphatic carbocycles. The Hall–Kier alpha value is -2.34. The van der Waals surface area contributed by atoms with E-state index >= 15 is 0 Å². The minimum absolute atomic E-state index is 0.412. The van der Waals surface area contributed by atoms with E-state index in [1.165, 1.54) is 11.1 Å². The fraction of sp³-hybridized carbons (Fsp3) is 0.524. The fourth-order valence-corrected chi connectivity index (χ4v) is 3.01. The van der Waals surface area contributed by atoms with Gasteiger partial charge in [-0.25, -0.2) is 4.99 Å². The van der Waals surface area contributed by atoms with Crippen molar-refractivity contribution < 1.29 is 4.74 Å². The minimum atomic E-state index is 0.412. The molecule has 0 aliphatic rings. The van der Waals surface area contributed by atoms with Crippen LogP contribution in [0.5, 0.6) is 0 Å². The maximum atomic E-state index is 5.16. The smallest absolute Gasteiger partial charge is 0.191 e. The van der Waals surface area contributed by atoms with Gasteiger partial charge in [0, 0.05) is 31.5 Å². The highest BCUT2D eigenvalue weighted by atomic mass is 16.5. The van der Waals surface area contributed by atoms with Gasteiger partial charge in [-0.3, -0.25) is 4.68 Å². The molecule has 1 unspecified atom stereocenters. The van der Waals surface area contributed by atoms with Crippen LogP contribution in [0.3, 0.4) is 0 Å². The quantitative estimate of drug-likeness (QED) is 0.525. The predicted molar refractivity (Wildman–Crippen MR) is 111 cm³/mol. The topological polar surface area (TPSA) is 63.5 Å². The summed E-state index contributed by atoms with van der Waals surface area (Å²) in [6.07, 6.45) is 0. The van der Waals surface area contributed by atoms with Crippen molar-refractivity contribution in [1.29, 1.82) is 0 Å². The number of aliphatic imine (C=N–C) groups is 1. The van der Waals surface area contributed by atoms with E-state index in [4.69, 9.17) is 9.73 Å². The van der Waals surface area contributed by atoms with Crippen molar-refractivity contribution in [3.8, 4) is 0 Å². The van der Waals surface area contributed by atoms with Gasteiger partial charge in [-0.2, -0.15) is 5.10 Å². The number of ether oxygens (including phenoxy) is 1. The zero-order valence-corrected chi connectivity index (χ0v) is 17.2. The lowest BCUT2D eigenvalue weighted by molar-refractivity contribution is 0.182. The average Bonchev–Trinajstić information content (AvgIpc) is 2.95. The molecule has 1 aromatic carbocycles. The highest BCUT2D eigenvalue weighted by Crippen LogP contribution is 2.15. The molecule has 6 nitrogen and oxygen atoms in total. The van der Waals surface area contributed by atoms with Crippen molar-refractivity contribution in [2.24, 2.45) is 4.99 Å². The molecule has 1 heterocycles. The molecule has 0 aliphatic heterocycles. The van der Waals surface area contributed by atoms with E-state index in [-0.39, 0.29) is 0 Å². The summed E-state index contributed by atoms with van der Waals surface area (Å²) in [7, 11) is 1.71. The van der Waals surface area contributed by atoms with Gasteiger partial charge in [0.15, 0.2) is 5.96 Å². The highest BCUT2D eigenvalue weighted by Gasteiger charge is 2.12. The van der Waals surface area contributed by atoms with Crippen LogP contribution >= 0.6 is 0 Å². The molecule has 0 saturated heterocycles. The summed E-state index contributed by atoms with van der Waals surface area (Å²) in [5, 5.41) is 11.4. The Morgan fingerprint density at radius 1 is 1.22 bits per heavy atom. The molecule has 0 fully saturated rings. The van der Waals surface area contributed by atoms with Gasteiger partial charge in [-0.1, -0.05) is 37.3 Å². The minimum Gasteiger partial charge on any atom is -0.383 e. The van der Waals surface area contributed by atoms with Crippen LogP contribution in [0.25, 0.3) is 0 Å². The number of benzene rings is 1. The summed E-state index contributed by atoms with van der Waals surface area (Å²) in [6, 6.07) is 10.5. The van der Waals surface area contributed by atoms with E-state index in [2.05, 4.69) is 60.8 Å². The lowest BCUT2D eigenvalue weighted by Gasteiger charge is -2.16. The third-order valence-electron chi connectivity index (χ3n) is 4.72. The first kappa shape index (κ1) is 21.0. The van der Waals surface area contributed by atoms with Crippen molar-refractivity contribution in [2.75, 3.05) is 26.8 Å². The zero-order chi connectivity index (χ0) is 19.6. The van der Waals surface area contributed by atoms with Crippen molar-refractivity contribution in [1.82, 2.24) is 20.4 Å². The zero-order valence-electron chi connectivity index (χ0n) is 17.2. The first-order valence-electron chi connectivity index (χ1n) is 9.65. The number of aromatic nitrogens is 2. The van der Waals surface area contributed by atoms with Crippen LogP contribution in [-0.2, 0) is 17.8 Å². The van der Waals surface area contributed by atoms with Crippen LogP contribution < -0.4 is 10.6 Å². The molecule has 6 heteroatoms. The molecule has 27 heavy (non-hydrogen) atoms. The van der Waals surface area contributed by atoms with Crippen molar-refractivity contribution >= 4 is 5.96 Å². The Morgan fingerprint density at radius 2 is 1.96 bits per heavy atom. The van der Waals surface area contributed by atoms with Gasteiger partial charge in [0.25, 0.3) is 0 Å². The molecule has 1 atom stereocenters. The van der Waals surface area contributed by atoms with Gasteiger partial charge < -0.3 is 15.4 Å². The largest absolute Gasteiger partial charge is 0.383 e. The predicted octanol–water partition coefficient (Wildman–Crippen LogP) is 3.01. The van der Waals surface area contributed by atoms with Gasteiger partial charge >= 0.3 is 0 Å². The van der Waals surface area contributed by atoms with E-state index in [0.717, 1.165) is 37.0 Å². The van der Waals surface area contributed by atoms with Crippen LogP contribution in [0, 0.1) is 13.8 Å². The normalized spacial score (nSPS) is 12.9. The Bertz CT molecular complexity index is 724. The first-order chi connectivity index (χ1) is 13.1. The third kappa shape index (κ3) is 6.10. The lowest BCUT2D eigenvalue weighted by atomic mass is 10.0. The molecule has 0 radical (unpaired) electrons. The molecular weight excluding hydrogens is 338 g/mol. The number of hydrogen-bond donors (Lipinski definition) is 2. The number of methoxy groups -OCH3 is 1. The summed E-state index contributed by atoms with van der Waals surface area (Å²) in [4.78, 5) is 4.77. The van der Waals surface area contributed by atoms with Gasteiger partial charge in [-0.15, -0.1) is 0 Å². The number of guanidine groups is 1. The molecule has 2 aromatic rings. The van der Waals surface area contributed by atoms with Crippen LogP contribution in [0.2, 0.25) is 0 Å². The maximum absolute atomic E-state index is 5.16. The van der Waals surface area contributed by atoms with Gasteiger partial charge in [0.1, 0.15) is 0 Å². The molecule has 0 amide bonds. The number of nitrogens with one attached hydrogen (secondary N) is 2. The van der Waals surface area contributed by atoms with E-state index in [1.54, 1.807) is 7.11 Å². The highest BCUT2D eigenvalue weighted by molar-refractivity contribution is 5.79. The second-order valence-electron chi connectivity index (χ2n) is 6.75. The van der Waals surface area contributed by atoms with E-state index in [9.17, 15) is 0 Å². The maximum Gasteiger partial charge on any atom is 0.191 e. The summed E-state index contributed by atoms with van der Waals surface area (Å²) < 4.78 is 7.16. The molecule has 1 aromatic heterocycles. The molecule has 2 rings (SSSR count). The Labute approximate surface area is 163 Å². The van der Waals surface area contributed by atoms with Crippen LogP contribution in [0.15, 0.2) is 35.3 Å². The van der Waals surface area contributed by atoms with Crippen molar-refractivity contribution in [3.05, 3.63) is 52.8 Å². The van der Waals surface area contributed by atoms with Crippen molar-refractivity contribution in [3.63, 3.8) is 0 Å². The summed E-state index contributed by atoms with van der Waals surface area (Å²) >= 11 is 0. The first-order valence-corrected chi connectivity index (χ1v) is 9.65. The molecular formula is C21H33N5O. The number of nitrogens with zero attached hydrogens (tertiary/aromatic N) is 3. The van der Waals surface area contributed by atoms with E-state index < -0.39 is 0 Å². The number of hydrogen-bond acceptors (Lipinski definition) is 3. The SMILES string of the molecule is CCNC(=NCc1c(C)nn(CCOC)c1C)NCC(C)c1ccccc1. The summed E-state index contributed by atoms with van der Waals surface area (Å²) in [6.45, 7) is 12.1. The Kier molecular flexibility index (Phi) is 8.33. The standard InChI is InChI=1S/C21H33N5O/c1-6-22-21(23-14-16(2)19-10-8-7-9-11-19)24-15-20-17(3)25-26(18(20)4)12-13-27-5/h7-11,16H,6,12-15H2,1-5H3,(H2,22,23,24). The van der Waals surface area contributed by atoms with Crippen LogP contribution in [-0.4, -0.2) is 42.5 Å². The fourth-order valence-electron chi connectivity index (χ4n) is 3.01. The van der Waals surface area contributed by atoms with E-state index in [0.29, 0.717) is 19.1 Å². The number of aryl methyl sites for hydroxylation is 1. The van der Waals surface area contributed by atoms with Crippen LogP contribution in [0.1, 0.15) is 42.3 Å². The molecule has 2 N–H and O–H groups in total. The second kappa shape index (κ2) is 10.7. The lowest BCUT2D eigenvalue weighted by Crippen LogP contribution is -2.39.